The summed E-state index contributed by atoms with van der Waals surface area (Å²) in [5.41, 5.74) is 0.810. The summed E-state index contributed by atoms with van der Waals surface area (Å²) < 4.78 is 5.14. The Morgan fingerprint density at radius 2 is 1.94 bits per heavy atom. The number of rotatable bonds is 2. The molecular formula is C13H13NO3. The second-order valence-corrected chi connectivity index (χ2v) is 3.57. The molecule has 0 unspecified atom stereocenters. The van der Waals surface area contributed by atoms with Crippen LogP contribution >= 0.6 is 0 Å². The Morgan fingerprint density at radius 1 is 1.24 bits per heavy atom. The summed E-state index contributed by atoms with van der Waals surface area (Å²) in [6.07, 6.45) is -0.507. The zero-order valence-corrected chi connectivity index (χ0v) is 9.43. The van der Waals surface area contributed by atoms with Gasteiger partial charge in [0.05, 0.1) is 6.61 Å². The lowest BCUT2D eigenvalue weighted by Gasteiger charge is -2.09. The molecule has 0 atom stereocenters. The van der Waals surface area contributed by atoms with Gasteiger partial charge in [0.1, 0.15) is 5.75 Å². The Morgan fingerprint density at radius 3 is 2.65 bits per heavy atom. The van der Waals surface area contributed by atoms with Gasteiger partial charge in [-0.1, -0.05) is 30.3 Å². The first-order chi connectivity index (χ1) is 8.26. The minimum Gasteiger partial charge on any atom is -0.410 e. The highest BCUT2D eigenvalue weighted by Gasteiger charge is 2.07. The number of benzene rings is 2. The van der Waals surface area contributed by atoms with Crippen molar-refractivity contribution in [2.45, 2.75) is 6.61 Å². The summed E-state index contributed by atoms with van der Waals surface area (Å²) >= 11 is 0. The average molecular weight is 231 g/mol. The van der Waals surface area contributed by atoms with Crippen molar-refractivity contribution in [3.63, 3.8) is 0 Å². The first-order valence-electron chi connectivity index (χ1n) is 5.27. The van der Waals surface area contributed by atoms with Gasteiger partial charge in [0.25, 0.3) is 0 Å². The van der Waals surface area contributed by atoms with Gasteiger partial charge in [0.2, 0.25) is 0 Å². The molecule has 0 saturated heterocycles. The molecule has 0 heterocycles. The number of hydrogen-bond acceptors (Lipinski definition) is 3. The molecule has 0 saturated carbocycles. The summed E-state index contributed by atoms with van der Waals surface area (Å²) in [7, 11) is 1.51. The topological polar surface area (TPSA) is 58.6 Å². The maximum absolute atomic E-state index is 11.2. The zero-order valence-electron chi connectivity index (χ0n) is 9.43. The second kappa shape index (κ2) is 4.84. The van der Waals surface area contributed by atoms with Gasteiger partial charge in [-0.25, -0.2) is 4.79 Å². The summed E-state index contributed by atoms with van der Waals surface area (Å²) in [6, 6.07) is 10.9. The molecule has 0 aliphatic carbocycles. The van der Waals surface area contributed by atoms with Crippen LogP contribution in [0.2, 0.25) is 0 Å². The maximum atomic E-state index is 11.2. The molecule has 0 spiro atoms. The number of ether oxygens (including phenoxy) is 1. The van der Waals surface area contributed by atoms with Crippen molar-refractivity contribution in [2.24, 2.45) is 0 Å². The van der Waals surface area contributed by atoms with Crippen LogP contribution in [0.25, 0.3) is 10.8 Å². The molecule has 0 aliphatic heterocycles. The molecule has 17 heavy (non-hydrogen) atoms. The highest BCUT2D eigenvalue weighted by Crippen LogP contribution is 2.28. The fraction of sp³-hybridized carbons (Fsp3) is 0.154. The van der Waals surface area contributed by atoms with Crippen molar-refractivity contribution in [3.05, 3.63) is 42.0 Å². The van der Waals surface area contributed by atoms with E-state index in [4.69, 9.17) is 4.74 Å². The monoisotopic (exact) mass is 231 g/mol. The molecule has 0 bridgehead atoms. The van der Waals surface area contributed by atoms with Crippen molar-refractivity contribution in [3.8, 4) is 5.75 Å². The zero-order chi connectivity index (χ0) is 12.3. The molecule has 0 aromatic heterocycles. The van der Waals surface area contributed by atoms with Crippen molar-refractivity contribution >= 4 is 16.9 Å². The molecule has 2 aromatic carbocycles. The van der Waals surface area contributed by atoms with Crippen LogP contribution < -0.4 is 10.1 Å². The summed E-state index contributed by atoms with van der Waals surface area (Å²) in [5, 5.41) is 13.3. The number of fused-ring (bicyclic) bond motifs is 1. The Kier molecular flexibility index (Phi) is 3.25. The van der Waals surface area contributed by atoms with Crippen LogP contribution in [-0.2, 0) is 6.61 Å². The molecule has 2 N–H and O–H groups in total. The van der Waals surface area contributed by atoms with Gasteiger partial charge in [0, 0.05) is 12.4 Å². The predicted octanol–water partition coefficient (Wildman–Crippen LogP) is 2.05. The summed E-state index contributed by atoms with van der Waals surface area (Å²) in [6.45, 7) is -0.0409. The van der Waals surface area contributed by atoms with E-state index in [-0.39, 0.29) is 6.61 Å². The van der Waals surface area contributed by atoms with Crippen LogP contribution in [0.1, 0.15) is 5.56 Å². The van der Waals surface area contributed by atoms with E-state index in [2.05, 4.69) is 5.32 Å². The largest absolute Gasteiger partial charge is 0.412 e. The molecule has 2 aromatic rings. The van der Waals surface area contributed by atoms with E-state index in [1.165, 1.54) is 7.05 Å². The van der Waals surface area contributed by atoms with Crippen LogP contribution in [0.15, 0.2) is 36.4 Å². The van der Waals surface area contributed by atoms with Crippen LogP contribution in [0.4, 0.5) is 4.79 Å². The lowest BCUT2D eigenvalue weighted by Crippen LogP contribution is -2.22. The molecule has 0 fully saturated rings. The third-order valence-corrected chi connectivity index (χ3v) is 2.55. The maximum Gasteiger partial charge on any atom is 0.412 e. The molecule has 4 nitrogen and oxygen atoms in total. The highest BCUT2D eigenvalue weighted by atomic mass is 16.6. The Bertz CT molecular complexity index is 551. The fourth-order valence-corrected chi connectivity index (χ4v) is 1.72. The standard InChI is InChI=1S/C13H13NO3/c1-14-13(16)17-12-7-3-5-10-9(8-15)4-2-6-11(10)12/h2-7,15H,8H2,1H3,(H,14,16). The van der Waals surface area contributed by atoms with Crippen molar-refractivity contribution < 1.29 is 14.6 Å². The second-order valence-electron chi connectivity index (χ2n) is 3.57. The number of aliphatic hydroxyl groups is 1. The van der Waals surface area contributed by atoms with Crippen molar-refractivity contribution in [1.29, 1.82) is 0 Å². The van der Waals surface area contributed by atoms with Gasteiger partial charge >= 0.3 is 6.09 Å². The number of amides is 1. The third kappa shape index (κ3) is 2.21. The van der Waals surface area contributed by atoms with E-state index in [1.807, 2.05) is 24.3 Å². The molecule has 0 radical (unpaired) electrons. The van der Waals surface area contributed by atoms with Crippen LogP contribution in [0.3, 0.4) is 0 Å². The number of carbonyl (C=O) groups is 1. The van der Waals surface area contributed by atoms with E-state index in [9.17, 15) is 9.90 Å². The minimum atomic E-state index is -0.507. The van der Waals surface area contributed by atoms with Gasteiger partial charge in [-0.05, 0) is 17.0 Å². The van der Waals surface area contributed by atoms with Crippen LogP contribution in [0, 0.1) is 0 Å². The van der Waals surface area contributed by atoms with E-state index < -0.39 is 6.09 Å². The average Bonchev–Trinajstić information content (AvgIpc) is 2.38. The molecule has 2 rings (SSSR count). The third-order valence-electron chi connectivity index (χ3n) is 2.55. The highest BCUT2D eigenvalue weighted by molar-refractivity contribution is 5.92. The molecule has 0 aliphatic rings. The van der Waals surface area contributed by atoms with Gasteiger partial charge in [-0.2, -0.15) is 0 Å². The number of hydrogen-bond donors (Lipinski definition) is 2. The van der Waals surface area contributed by atoms with Gasteiger partial charge < -0.3 is 15.2 Å². The lowest BCUT2D eigenvalue weighted by atomic mass is 10.0. The van der Waals surface area contributed by atoms with E-state index in [1.54, 1.807) is 12.1 Å². The van der Waals surface area contributed by atoms with Gasteiger partial charge in [0.15, 0.2) is 0 Å². The summed E-state index contributed by atoms with van der Waals surface area (Å²) in [4.78, 5) is 11.2. The number of aliphatic hydroxyl groups excluding tert-OH is 1. The number of nitrogens with one attached hydrogen (secondary N) is 1. The Hall–Kier alpha value is -2.07. The smallest absolute Gasteiger partial charge is 0.410 e. The quantitative estimate of drug-likeness (QED) is 0.831. The summed E-state index contributed by atoms with van der Waals surface area (Å²) in [5.74, 6) is 0.483. The van der Waals surface area contributed by atoms with E-state index in [0.29, 0.717) is 5.75 Å². The van der Waals surface area contributed by atoms with Crippen molar-refractivity contribution in [1.82, 2.24) is 5.32 Å². The SMILES string of the molecule is CNC(=O)Oc1cccc2c(CO)cccc12. The Balaban J connectivity index is 2.54. The van der Waals surface area contributed by atoms with E-state index >= 15 is 0 Å². The molecule has 4 heteroatoms. The van der Waals surface area contributed by atoms with Crippen molar-refractivity contribution in [2.75, 3.05) is 7.05 Å². The van der Waals surface area contributed by atoms with E-state index in [0.717, 1.165) is 16.3 Å². The molecule has 88 valence electrons. The first kappa shape index (κ1) is 11.4. The minimum absolute atomic E-state index is 0.0409. The Labute approximate surface area is 98.8 Å². The fourth-order valence-electron chi connectivity index (χ4n) is 1.72. The van der Waals surface area contributed by atoms with Gasteiger partial charge in [-0.3, -0.25) is 0 Å². The normalized spacial score (nSPS) is 10.2. The van der Waals surface area contributed by atoms with Crippen LogP contribution in [0.5, 0.6) is 5.75 Å². The number of carbonyl (C=O) groups excluding carboxylic acids is 1. The molecule has 1 amide bonds. The van der Waals surface area contributed by atoms with Crippen LogP contribution in [-0.4, -0.2) is 18.2 Å². The predicted molar refractivity (Wildman–Crippen MR) is 65.0 cm³/mol. The lowest BCUT2D eigenvalue weighted by molar-refractivity contribution is 0.203. The first-order valence-corrected chi connectivity index (χ1v) is 5.27. The van der Waals surface area contributed by atoms with Gasteiger partial charge in [-0.15, -0.1) is 0 Å². The molecular weight excluding hydrogens is 218 g/mol.